The average molecular weight is 683 g/mol. The predicted octanol–water partition coefficient (Wildman–Crippen LogP) is 2.76. The third-order valence-corrected chi connectivity index (χ3v) is 10.0. The highest BCUT2D eigenvalue weighted by Crippen LogP contribution is 2.51. The summed E-state index contributed by atoms with van der Waals surface area (Å²) in [5, 5.41) is 23.5. The zero-order valence-corrected chi connectivity index (χ0v) is 29.3. The molecule has 0 unspecified atom stereocenters. The van der Waals surface area contributed by atoms with Crippen LogP contribution in [-0.4, -0.2) is 97.5 Å². The van der Waals surface area contributed by atoms with Gasteiger partial charge in [-0.15, -0.1) is 10.2 Å². The van der Waals surface area contributed by atoms with Gasteiger partial charge < -0.3 is 31.1 Å². The molecule has 4 N–H and O–H groups in total. The highest BCUT2D eigenvalue weighted by molar-refractivity contribution is 6.39. The SMILES string of the molecule is [B]C([B])(c1cccc(C(=O)NC)n1)N1CC(n2nc(C)c3c2[C@H](CC)N(C)c2c(Nc4cc(NC(=O)C5CC5)nnc4C(=O)NC)cccc2-3)C1. The number of carbonyl (C=O) groups excluding carboxylic acids is 3. The van der Waals surface area contributed by atoms with E-state index in [4.69, 9.17) is 20.8 Å². The molecule has 16 heteroatoms. The van der Waals surface area contributed by atoms with Crippen LogP contribution in [0.5, 0.6) is 0 Å². The van der Waals surface area contributed by atoms with Crippen LogP contribution in [0.4, 0.5) is 22.9 Å². The summed E-state index contributed by atoms with van der Waals surface area (Å²) in [6, 6.07) is 12.7. The number of rotatable bonds is 10. The fourth-order valence-electron chi connectivity index (χ4n) is 7.07. The number of hydrogen-bond donors (Lipinski definition) is 4. The van der Waals surface area contributed by atoms with Gasteiger partial charge in [-0.3, -0.25) is 19.1 Å². The van der Waals surface area contributed by atoms with Gasteiger partial charge in [0.15, 0.2) is 11.5 Å². The van der Waals surface area contributed by atoms with E-state index in [1.165, 1.54) is 7.05 Å². The third kappa shape index (κ3) is 6.00. The second-order valence-corrected chi connectivity index (χ2v) is 13.4. The first kappa shape index (κ1) is 34.2. The third-order valence-electron chi connectivity index (χ3n) is 10.0. The molecule has 1 saturated carbocycles. The first-order valence-corrected chi connectivity index (χ1v) is 17.1. The van der Waals surface area contributed by atoms with Crippen LogP contribution >= 0.6 is 0 Å². The van der Waals surface area contributed by atoms with Crippen molar-refractivity contribution in [2.75, 3.05) is 49.8 Å². The zero-order valence-electron chi connectivity index (χ0n) is 29.3. The summed E-state index contributed by atoms with van der Waals surface area (Å²) < 4.78 is 2.12. The van der Waals surface area contributed by atoms with E-state index in [1.54, 1.807) is 31.3 Å². The molecule has 7 rings (SSSR count). The Bertz CT molecular complexity index is 2040. The van der Waals surface area contributed by atoms with Crippen molar-refractivity contribution in [3.8, 4) is 11.1 Å². The number of aromatic nitrogens is 5. The van der Waals surface area contributed by atoms with Crippen molar-refractivity contribution >= 4 is 56.3 Å². The van der Waals surface area contributed by atoms with Crippen molar-refractivity contribution in [2.24, 2.45) is 5.92 Å². The number of pyridine rings is 1. The molecule has 3 amide bonds. The first-order valence-electron chi connectivity index (χ1n) is 17.1. The number of anilines is 4. The molecule has 4 aromatic rings. The molecule has 1 aliphatic carbocycles. The molecule has 4 radical (unpaired) electrons. The number of hydrogen-bond acceptors (Lipinski definition) is 10. The topological polar surface area (TPSA) is 162 Å². The molecule has 258 valence electrons. The lowest BCUT2D eigenvalue weighted by Gasteiger charge is -2.50. The van der Waals surface area contributed by atoms with Gasteiger partial charge in [0.2, 0.25) is 5.91 Å². The Kier molecular flexibility index (Phi) is 8.82. The highest BCUT2D eigenvalue weighted by Gasteiger charge is 2.43. The molecular formula is C35H39B2N11O3. The quantitative estimate of drug-likeness (QED) is 0.183. The van der Waals surface area contributed by atoms with E-state index in [0.29, 0.717) is 24.5 Å². The van der Waals surface area contributed by atoms with E-state index in [9.17, 15) is 14.4 Å². The Hall–Kier alpha value is -5.24. The Morgan fingerprint density at radius 1 is 0.980 bits per heavy atom. The molecule has 2 aliphatic heterocycles. The smallest absolute Gasteiger partial charge is 0.273 e. The number of carbonyl (C=O) groups is 3. The van der Waals surface area contributed by atoms with Crippen LogP contribution in [0.3, 0.4) is 0 Å². The summed E-state index contributed by atoms with van der Waals surface area (Å²) >= 11 is 0. The minimum Gasteiger partial charge on any atom is -0.364 e. The maximum Gasteiger partial charge on any atom is 0.273 e. The normalized spacial score (nSPS) is 17.2. The molecular weight excluding hydrogens is 644 g/mol. The number of amides is 3. The standard InChI is InChI=1S/C35H39B2N11O3/c1-6-25-31-28(18(2)45-48(31)20-16-47(17-20)35(36,37)26-12-8-11-23(41-26)33(50)38-3)21-9-7-10-22(30(21)46(25)5)40-24-15-27(42-32(49)19-13-14-19)43-44-29(24)34(51)39-4/h7-12,15,19-20,25H,6,13-14,16-17H2,1-5H3,(H,38,50)(H,39,51)(H2,40,42,43,49)/t25-/m0/s1. The minimum atomic E-state index is -1.38. The highest BCUT2D eigenvalue weighted by atomic mass is 16.2. The van der Waals surface area contributed by atoms with Crippen molar-refractivity contribution in [1.29, 1.82) is 0 Å². The van der Waals surface area contributed by atoms with E-state index in [2.05, 4.69) is 66.1 Å². The minimum absolute atomic E-state index is 0.00799. The van der Waals surface area contributed by atoms with Gasteiger partial charge in [-0.2, -0.15) is 5.10 Å². The summed E-state index contributed by atoms with van der Waals surface area (Å²) in [7, 11) is 18.4. The fourth-order valence-corrected chi connectivity index (χ4v) is 7.07. The number of nitrogens with one attached hydrogen (secondary N) is 4. The summed E-state index contributed by atoms with van der Waals surface area (Å²) in [5.41, 5.74) is 6.93. The van der Waals surface area contributed by atoms with Gasteiger partial charge in [0.05, 0.1) is 56.2 Å². The van der Waals surface area contributed by atoms with Crippen molar-refractivity contribution in [3.63, 3.8) is 0 Å². The molecule has 3 aliphatic rings. The maximum absolute atomic E-state index is 12.9. The van der Waals surface area contributed by atoms with Crippen molar-refractivity contribution in [3.05, 3.63) is 70.9 Å². The number of aryl methyl sites for hydroxylation is 1. The van der Waals surface area contributed by atoms with Crippen molar-refractivity contribution in [2.45, 2.75) is 50.5 Å². The molecule has 51 heavy (non-hydrogen) atoms. The lowest BCUT2D eigenvalue weighted by molar-refractivity contribution is -0.117. The maximum atomic E-state index is 12.9. The number of para-hydroxylation sites is 1. The lowest BCUT2D eigenvalue weighted by Crippen LogP contribution is -2.60. The number of benzene rings is 1. The van der Waals surface area contributed by atoms with Crippen molar-refractivity contribution in [1.82, 2.24) is 40.5 Å². The average Bonchev–Trinajstić information content (AvgIpc) is 3.91. The van der Waals surface area contributed by atoms with Crippen LogP contribution in [0.25, 0.3) is 11.1 Å². The van der Waals surface area contributed by atoms with Gasteiger partial charge in [0, 0.05) is 63.0 Å². The van der Waals surface area contributed by atoms with Gasteiger partial charge in [0.1, 0.15) is 5.69 Å². The fraction of sp³-hybridized carbons (Fsp3) is 0.400. The van der Waals surface area contributed by atoms with Crippen LogP contribution in [0, 0.1) is 12.8 Å². The Morgan fingerprint density at radius 2 is 1.71 bits per heavy atom. The van der Waals surface area contributed by atoms with Crippen LogP contribution in [0.15, 0.2) is 42.5 Å². The Balaban J connectivity index is 1.20. The van der Waals surface area contributed by atoms with Gasteiger partial charge in [-0.25, -0.2) is 4.98 Å². The molecule has 1 saturated heterocycles. The molecule has 0 bridgehead atoms. The van der Waals surface area contributed by atoms with Crippen molar-refractivity contribution < 1.29 is 14.4 Å². The van der Waals surface area contributed by atoms with Gasteiger partial charge in [-0.1, -0.05) is 25.1 Å². The second-order valence-electron chi connectivity index (χ2n) is 13.4. The monoisotopic (exact) mass is 683 g/mol. The van der Waals surface area contributed by atoms with E-state index < -0.39 is 11.2 Å². The predicted molar refractivity (Wildman–Crippen MR) is 195 cm³/mol. The Morgan fingerprint density at radius 3 is 2.39 bits per heavy atom. The van der Waals surface area contributed by atoms with E-state index in [1.807, 2.05) is 24.0 Å². The van der Waals surface area contributed by atoms with E-state index in [-0.39, 0.29) is 47.0 Å². The first-order chi connectivity index (χ1) is 24.5. The molecule has 1 aromatic carbocycles. The Labute approximate surface area is 299 Å². The lowest BCUT2D eigenvalue weighted by atomic mass is 9.57. The van der Waals surface area contributed by atoms with Gasteiger partial charge in [0.25, 0.3) is 11.8 Å². The summed E-state index contributed by atoms with van der Waals surface area (Å²) in [6.45, 7) is 5.24. The largest absolute Gasteiger partial charge is 0.364 e. The number of fused-ring (bicyclic) bond motifs is 3. The molecule has 3 aromatic heterocycles. The van der Waals surface area contributed by atoms with Gasteiger partial charge in [-0.05, 0) is 49.7 Å². The summed E-state index contributed by atoms with van der Waals surface area (Å²) in [4.78, 5) is 46.2. The van der Waals surface area contributed by atoms with E-state index in [0.717, 1.165) is 53.2 Å². The molecule has 2 fully saturated rings. The van der Waals surface area contributed by atoms with Crippen LogP contribution in [0.2, 0.25) is 0 Å². The van der Waals surface area contributed by atoms with Gasteiger partial charge >= 0.3 is 0 Å². The molecule has 14 nitrogen and oxygen atoms in total. The molecule has 1 atom stereocenters. The van der Waals surface area contributed by atoms with Crippen LogP contribution < -0.4 is 26.2 Å². The van der Waals surface area contributed by atoms with Crippen LogP contribution in [-0.2, 0) is 10.1 Å². The number of likely N-dealkylation sites (tertiary alicyclic amines) is 1. The van der Waals surface area contributed by atoms with E-state index >= 15 is 0 Å². The second kappa shape index (κ2) is 13.1. The number of nitrogens with zero attached hydrogens (tertiary/aromatic N) is 7. The summed E-state index contributed by atoms with van der Waals surface area (Å²) in [5.74, 6) is -0.559. The van der Waals surface area contributed by atoms with Crippen LogP contribution in [0.1, 0.15) is 76.3 Å². The molecule has 5 heterocycles. The molecule has 0 spiro atoms. The zero-order chi connectivity index (χ0) is 36.2. The summed E-state index contributed by atoms with van der Waals surface area (Å²) in [6.07, 6.45) is 2.50.